The summed E-state index contributed by atoms with van der Waals surface area (Å²) in [4.78, 5) is 2.24. The average molecular weight is 347 g/mol. The SMILES string of the molecule is CC1(C)CN(c2ccc(C(F)(F)F)c(Cl)c2)[C@@H]2CCCC[C@H]2N1. The van der Waals surface area contributed by atoms with Crippen molar-refractivity contribution in [3.05, 3.63) is 28.8 Å². The van der Waals surface area contributed by atoms with Crippen molar-refractivity contribution in [3.8, 4) is 0 Å². The van der Waals surface area contributed by atoms with E-state index in [9.17, 15) is 13.2 Å². The monoisotopic (exact) mass is 346 g/mol. The number of hydrogen-bond acceptors (Lipinski definition) is 2. The fourth-order valence-corrected chi connectivity index (χ4v) is 4.22. The molecule has 128 valence electrons. The molecule has 0 radical (unpaired) electrons. The number of piperazine rings is 1. The van der Waals surface area contributed by atoms with Crippen molar-refractivity contribution in [2.24, 2.45) is 0 Å². The third-order valence-electron chi connectivity index (χ3n) is 4.86. The van der Waals surface area contributed by atoms with Crippen molar-refractivity contribution in [1.82, 2.24) is 5.32 Å². The first-order valence-corrected chi connectivity index (χ1v) is 8.46. The molecule has 2 aliphatic rings. The molecule has 2 fully saturated rings. The number of benzene rings is 1. The van der Waals surface area contributed by atoms with Crippen LogP contribution in [0, 0.1) is 0 Å². The summed E-state index contributed by atoms with van der Waals surface area (Å²) < 4.78 is 38.7. The van der Waals surface area contributed by atoms with Crippen LogP contribution in [-0.4, -0.2) is 24.2 Å². The molecule has 6 heteroatoms. The van der Waals surface area contributed by atoms with Crippen molar-refractivity contribution < 1.29 is 13.2 Å². The highest BCUT2D eigenvalue weighted by Crippen LogP contribution is 2.39. The molecule has 1 aliphatic carbocycles. The second-order valence-corrected chi connectivity index (χ2v) is 7.68. The average Bonchev–Trinajstić information content (AvgIpc) is 2.44. The first kappa shape index (κ1) is 16.9. The smallest absolute Gasteiger partial charge is 0.365 e. The van der Waals surface area contributed by atoms with Gasteiger partial charge in [-0.15, -0.1) is 0 Å². The summed E-state index contributed by atoms with van der Waals surface area (Å²) in [6.45, 7) is 5.03. The van der Waals surface area contributed by atoms with Crippen molar-refractivity contribution in [1.29, 1.82) is 0 Å². The maximum Gasteiger partial charge on any atom is 0.417 e. The third-order valence-corrected chi connectivity index (χ3v) is 5.17. The molecule has 0 aromatic heterocycles. The van der Waals surface area contributed by atoms with Gasteiger partial charge in [0, 0.05) is 29.9 Å². The molecule has 2 nitrogen and oxygen atoms in total. The molecule has 0 bridgehead atoms. The molecule has 23 heavy (non-hydrogen) atoms. The van der Waals surface area contributed by atoms with Gasteiger partial charge in [0.1, 0.15) is 0 Å². The summed E-state index contributed by atoms with van der Waals surface area (Å²) in [6.07, 6.45) is 0.122. The summed E-state index contributed by atoms with van der Waals surface area (Å²) >= 11 is 5.92. The topological polar surface area (TPSA) is 15.3 Å². The number of nitrogens with zero attached hydrogens (tertiary/aromatic N) is 1. The molecular weight excluding hydrogens is 325 g/mol. The predicted octanol–water partition coefficient (Wildman–Crippen LogP) is 4.86. The number of hydrogen-bond donors (Lipinski definition) is 1. The van der Waals surface area contributed by atoms with Crippen LogP contribution in [0.2, 0.25) is 5.02 Å². The van der Waals surface area contributed by atoms with Crippen LogP contribution in [-0.2, 0) is 6.18 Å². The zero-order valence-corrected chi connectivity index (χ0v) is 14.1. The molecule has 1 saturated heterocycles. The van der Waals surface area contributed by atoms with Gasteiger partial charge in [0.2, 0.25) is 0 Å². The Morgan fingerprint density at radius 3 is 2.57 bits per heavy atom. The standard InChI is InChI=1S/C17H22ClF3N2/c1-16(2)10-23(15-6-4-3-5-14(15)22-16)11-7-8-12(13(18)9-11)17(19,20)21/h7-9,14-15,22H,3-6,10H2,1-2H3/t14-,15-/m1/s1. The molecule has 1 N–H and O–H groups in total. The predicted molar refractivity (Wildman–Crippen MR) is 87.1 cm³/mol. The van der Waals surface area contributed by atoms with Crippen LogP contribution in [0.15, 0.2) is 18.2 Å². The highest BCUT2D eigenvalue weighted by Gasteiger charge is 2.41. The molecular formula is C17H22ClF3N2. The lowest BCUT2D eigenvalue weighted by atomic mass is 9.83. The summed E-state index contributed by atoms with van der Waals surface area (Å²) in [5.41, 5.74) is -0.0554. The van der Waals surface area contributed by atoms with Gasteiger partial charge >= 0.3 is 6.18 Å². The highest BCUT2D eigenvalue weighted by molar-refractivity contribution is 6.31. The van der Waals surface area contributed by atoms with Crippen LogP contribution in [0.1, 0.15) is 45.1 Å². The van der Waals surface area contributed by atoms with Crippen LogP contribution in [0.3, 0.4) is 0 Å². The minimum Gasteiger partial charge on any atom is -0.365 e. The van der Waals surface area contributed by atoms with Gasteiger partial charge in [0.15, 0.2) is 0 Å². The van der Waals surface area contributed by atoms with E-state index in [1.54, 1.807) is 6.07 Å². The Morgan fingerprint density at radius 2 is 1.91 bits per heavy atom. The maximum absolute atomic E-state index is 12.9. The largest absolute Gasteiger partial charge is 0.417 e. The van der Waals surface area contributed by atoms with Crippen LogP contribution in [0.25, 0.3) is 0 Å². The number of alkyl halides is 3. The van der Waals surface area contributed by atoms with E-state index < -0.39 is 11.7 Å². The molecule has 1 aromatic rings. The summed E-state index contributed by atoms with van der Waals surface area (Å²) in [5, 5.41) is 3.47. The Hall–Kier alpha value is -0.940. The van der Waals surface area contributed by atoms with Gasteiger partial charge in [-0.2, -0.15) is 13.2 Å². The van der Waals surface area contributed by atoms with Gasteiger partial charge in [-0.3, -0.25) is 0 Å². The molecule has 3 rings (SSSR count). The molecule has 0 amide bonds. The number of fused-ring (bicyclic) bond motifs is 1. The van der Waals surface area contributed by atoms with E-state index in [0.29, 0.717) is 12.1 Å². The van der Waals surface area contributed by atoms with Gasteiger partial charge in [0.05, 0.1) is 10.6 Å². The van der Waals surface area contributed by atoms with Crippen LogP contribution >= 0.6 is 11.6 Å². The fourth-order valence-electron chi connectivity index (χ4n) is 3.94. The van der Waals surface area contributed by atoms with Crippen molar-refractivity contribution in [2.75, 3.05) is 11.4 Å². The van der Waals surface area contributed by atoms with Gasteiger partial charge in [-0.25, -0.2) is 0 Å². The Labute approximate surface area is 140 Å². The van der Waals surface area contributed by atoms with Crippen LogP contribution in [0.4, 0.5) is 18.9 Å². The van der Waals surface area contributed by atoms with E-state index in [-0.39, 0.29) is 10.6 Å². The highest BCUT2D eigenvalue weighted by atomic mass is 35.5. The Balaban J connectivity index is 1.94. The fraction of sp³-hybridized carbons (Fsp3) is 0.647. The van der Waals surface area contributed by atoms with Crippen molar-refractivity contribution in [2.45, 2.75) is 63.3 Å². The maximum atomic E-state index is 12.9. The van der Waals surface area contributed by atoms with Gasteiger partial charge < -0.3 is 10.2 Å². The minimum atomic E-state index is -4.41. The lowest BCUT2D eigenvalue weighted by Gasteiger charge is -2.52. The van der Waals surface area contributed by atoms with E-state index in [4.69, 9.17) is 11.6 Å². The molecule has 0 unspecified atom stereocenters. The van der Waals surface area contributed by atoms with Crippen molar-refractivity contribution >= 4 is 17.3 Å². The van der Waals surface area contributed by atoms with Gasteiger partial charge in [-0.05, 0) is 44.9 Å². The van der Waals surface area contributed by atoms with Crippen LogP contribution in [0.5, 0.6) is 0 Å². The number of nitrogens with one attached hydrogen (secondary N) is 1. The molecule has 1 saturated carbocycles. The zero-order chi connectivity index (χ0) is 16.8. The van der Waals surface area contributed by atoms with Gasteiger partial charge in [0.25, 0.3) is 0 Å². The van der Waals surface area contributed by atoms with Gasteiger partial charge in [-0.1, -0.05) is 24.4 Å². The second-order valence-electron chi connectivity index (χ2n) is 7.28. The Kier molecular flexibility index (Phi) is 4.30. The Morgan fingerprint density at radius 1 is 1.22 bits per heavy atom. The molecule has 0 spiro atoms. The first-order valence-electron chi connectivity index (χ1n) is 8.08. The van der Waals surface area contributed by atoms with Crippen molar-refractivity contribution in [3.63, 3.8) is 0 Å². The summed E-state index contributed by atoms with van der Waals surface area (Å²) in [6, 6.07) is 4.84. The van der Waals surface area contributed by atoms with E-state index in [2.05, 4.69) is 24.1 Å². The van der Waals surface area contributed by atoms with Crippen LogP contribution < -0.4 is 10.2 Å². The van der Waals surface area contributed by atoms with E-state index in [1.165, 1.54) is 12.5 Å². The number of rotatable bonds is 1. The minimum absolute atomic E-state index is 0.0757. The Bertz CT molecular complexity index is 586. The van der Waals surface area contributed by atoms with E-state index in [0.717, 1.165) is 37.6 Å². The molecule has 2 atom stereocenters. The third kappa shape index (κ3) is 3.45. The number of anilines is 1. The molecule has 1 aromatic carbocycles. The summed E-state index contributed by atoms with van der Waals surface area (Å²) in [7, 11) is 0. The molecule has 1 aliphatic heterocycles. The lowest BCUT2D eigenvalue weighted by molar-refractivity contribution is -0.137. The zero-order valence-electron chi connectivity index (χ0n) is 13.4. The van der Waals surface area contributed by atoms with E-state index >= 15 is 0 Å². The number of halogens is 4. The normalized spacial score (nSPS) is 27.7. The first-order chi connectivity index (χ1) is 10.7. The second kappa shape index (κ2) is 5.85. The summed E-state index contributed by atoms with van der Waals surface area (Å²) in [5.74, 6) is 0. The quantitative estimate of drug-likeness (QED) is 0.781. The van der Waals surface area contributed by atoms with E-state index in [1.807, 2.05) is 0 Å². The molecule has 1 heterocycles. The lowest BCUT2D eigenvalue weighted by Crippen LogP contribution is -2.67.